The second-order valence-electron chi connectivity index (χ2n) is 11.9. The molecule has 0 unspecified atom stereocenters. The molecule has 8 aromatic rings. The second kappa shape index (κ2) is 12.3. The van der Waals surface area contributed by atoms with Crippen molar-refractivity contribution in [3.8, 4) is 22.3 Å². The van der Waals surface area contributed by atoms with Gasteiger partial charge in [0.1, 0.15) is 0 Å². The first kappa shape index (κ1) is 28.3. The van der Waals surface area contributed by atoms with E-state index in [4.69, 9.17) is 0 Å². The smallest absolute Gasteiger partial charge is 0.0462 e. The lowest BCUT2D eigenvalue weighted by molar-refractivity contribution is 1.28. The largest absolute Gasteiger partial charge is 0.311 e. The van der Waals surface area contributed by atoms with Gasteiger partial charge in [-0.1, -0.05) is 140 Å². The summed E-state index contributed by atoms with van der Waals surface area (Å²) in [7, 11) is 0. The highest BCUT2D eigenvalue weighted by atomic mass is 15.1. The maximum absolute atomic E-state index is 4.47. The van der Waals surface area contributed by atoms with Gasteiger partial charge in [-0.3, -0.25) is 0 Å². The Balaban J connectivity index is 1.05. The third-order valence-electron chi connectivity index (χ3n) is 8.99. The summed E-state index contributed by atoms with van der Waals surface area (Å²) in [5.74, 6) is 0. The molecule has 0 radical (unpaired) electrons. The van der Waals surface area contributed by atoms with Crippen LogP contribution in [0.15, 0.2) is 195 Å². The van der Waals surface area contributed by atoms with Crippen molar-refractivity contribution < 1.29 is 0 Å². The van der Waals surface area contributed by atoms with Gasteiger partial charge < -0.3 is 4.90 Å². The topological polar surface area (TPSA) is 3.24 Å². The minimum atomic E-state index is 1.03. The van der Waals surface area contributed by atoms with E-state index in [9.17, 15) is 0 Å². The molecule has 0 amide bonds. The van der Waals surface area contributed by atoms with Gasteiger partial charge in [0.15, 0.2) is 0 Å². The van der Waals surface area contributed by atoms with Gasteiger partial charge in [0.25, 0.3) is 0 Å². The van der Waals surface area contributed by atoms with Crippen molar-refractivity contribution in [2.75, 3.05) is 4.90 Å². The number of hydrogen-bond acceptors (Lipinski definition) is 1. The van der Waals surface area contributed by atoms with E-state index in [1.54, 1.807) is 0 Å². The van der Waals surface area contributed by atoms with Crippen LogP contribution in [0.3, 0.4) is 0 Å². The molecule has 0 aliphatic heterocycles. The van der Waals surface area contributed by atoms with Crippen molar-refractivity contribution >= 4 is 44.2 Å². The average Bonchev–Trinajstić information content (AvgIpc) is 3.15. The summed E-state index contributed by atoms with van der Waals surface area (Å²) in [6.45, 7) is 4.47. The second-order valence-corrected chi connectivity index (χ2v) is 11.9. The van der Waals surface area contributed by atoms with E-state index < -0.39 is 0 Å². The fourth-order valence-corrected chi connectivity index (χ4v) is 6.42. The van der Waals surface area contributed by atoms with Crippen molar-refractivity contribution in [2.24, 2.45) is 0 Å². The zero-order valence-corrected chi connectivity index (χ0v) is 26.1. The van der Waals surface area contributed by atoms with Gasteiger partial charge in [-0.25, -0.2) is 0 Å². The molecule has 0 heterocycles. The monoisotopic (exact) mass is 599 g/mol. The number of nitrogens with zero attached hydrogens (tertiary/aromatic N) is 1. The number of anilines is 3. The molecule has 0 saturated carbocycles. The summed E-state index contributed by atoms with van der Waals surface area (Å²) >= 11 is 0. The Morgan fingerprint density at radius 1 is 0.319 bits per heavy atom. The van der Waals surface area contributed by atoms with Crippen LogP contribution in [0.2, 0.25) is 0 Å². The van der Waals surface area contributed by atoms with Crippen molar-refractivity contribution in [3.63, 3.8) is 0 Å². The standard InChI is InChI=1S/C46H33N/c1-33(39-20-21-42-31-40-12-8-9-13-41(40)32-43(42)30-39)34-16-18-36(19-17-34)38-24-28-46(29-25-38)47(44-14-6-3-7-15-44)45-26-22-37(23-27-45)35-10-4-2-5-11-35/h2-32H,1H2. The van der Waals surface area contributed by atoms with Crippen LogP contribution in [-0.4, -0.2) is 0 Å². The highest BCUT2D eigenvalue weighted by molar-refractivity contribution is 5.99. The van der Waals surface area contributed by atoms with Crippen molar-refractivity contribution in [2.45, 2.75) is 0 Å². The summed E-state index contributed by atoms with van der Waals surface area (Å²) in [5.41, 5.74) is 11.4. The Hall–Kier alpha value is -6.18. The molecule has 1 nitrogen and oxygen atoms in total. The highest BCUT2D eigenvalue weighted by Crippen LogP contribution is 2.37. The predicted molar refractivity (Wildman–Crippen MR) is 202 cm³/mol. The molecule has 0 aliphatic rings. The Morgan fingerprint density at radius 2 is 0.723 bits per heavy atom. The van der Waals surface area contributed by atoms with Crippen molar-refractivity contribution in [1.82, 2.24) is 0 Å². The van der Waals surface area contributed by atoms with Crippen molar-refractivity contribution in [3.05, 3.63) is 206 Å². The molecular formula is C46H33N. The average molecular weight is 600 g/mol. The normalized spacial score (nSPS) is 11.1. The molecule has 222 valence electrons. The maximum Gasteiger partial charge on any atom is 0.0462 e. The van der Waals surface area contributed by atoms with E-state index in [1.807, 2.05) is 0 Å². The highest BCUT2D eigenvalue weighted by Gasteiger charge is 2.13. The third-order valence-corrected chi connectivity index (χ3v) is 8.99. The van der Waals surface area contributed by atoms with E-state index in [0.29, 0.717) is 0 Å². The zero-order chi connectivity index (χ0) is 31.6. The first-order valence-corrected chi connectivity index (χ1v) is 16.0. The Kier molecular flexibility index (Phi) is 7.41. The molecule has 0 spiro atoms. The summed E-state index contributed by atoms with van der Waals surface area (Å²) in [6, 6.07) is 67.1. The first-order chi connectivity index (χ1) is 23.2. The van der Waals surface area contributed by atoms with Crippen LogP contribution >= 0.6 is 0 Å². The minimum absolute atomic E-state index is 1.03. The Bertz CT molecular complexity index is 2320. The first-order valence-electron chi connectivity index (χ1n) is 16.0. The van der Waals surface area contributed by atoms with Gasteiger partial charge in [-0.2, -0.15) is 0 Å². The number of rotatable bonds is 7. The maximum atomic E-state index is 4.47. The van der Waals surface area contributed by atoms with Crippen LogP contribution in [0.1, 0.15) is 11.1 Å². The van der Waals surface area contributed by atoms with E-state index in [2.05, 4.69) is 200 Å². The number of para-hydroxylation sites is 1. The lowest BCUT2D eigenvalue weighted by Gasteiger charge is -2.26. The van der Waals surface area contributed by atoms with Gasteiger partial charge in [-0.05, 0) is 115 Å². The van der Waals surface area contributed by atoms with Gasteiger partial charge in [0.2, 0.25) is 0 Å². The predicted octanol–water partition coefficient (Wildman–Crippen LogP) is 12.9. The molecule has 8 aromatic carbocycles. The lowest BCUT2D eigenvalue weighted by Crippen LogP contribution is -2.09. The van der Waals surface area contributed by atoms with Crippen LogP contribution in [0.25, 0.3) is 49.4 Å². The van der Waals surface area contributed by atoms with E-state index in [0.717, 1.165) is 33.8 Å². The minimum Gasteiger partial charge on any atom is -0.311 e. The van der Waals surface area contributed by atoms with Crippen LogP contribution in [-0.2, 0) is 0 Å². The van der Waals surface area contributed by atoms with Crippen LogP contribution < -0.4 is 4.90 Å². The van der Waals surface area contributed by atoms with E-state index in [1.165, 1.54) is 43.8 Å². The molecule has 0 atom stereocenters. The van der Waals surface area contributed by atoms with E-state index >= 15 is 0 Å². The number of hydrogen-bond donors (Lipinski definition) is 0. The molecule has 0 aliphatic carbocycles. The fraction of sp³-hybridized carbons (Fsp3) is 0. The van der Waals surface area contributed by atoms with Gasteiger partial charge in [-0.15, -0.1) is 0 Å². The fourth-order valence-electron chi connectivity index (χ4n) is 6.42. The van der Waals surface area contributed by atoms with Gasteiger partial charge in [0, 0.05) is 17.1 Å². The molecule has 8 rings (SSSR count). The molecular weight excluding hydrogens is 567 g/mol. The Labute approximate surface area is 276 Å². The summed E-state index contributed by atoms with van der Waals surface area (Å²) in [6.07, 6.45) is 0. The van der Waals surface area contributed by atoms with Gasteiger partial charge >= 0.3 is 0 Å². The molecule has 1 heteroatoms. The molecule has 0 bridgehead atoms. The van der Waals surface area contributed by atoms with Gasteiger partial charge in [0.05, 0.1) is 0 Å². The number of benzene rings is 8. The summed E-state index contributed by atoms with van der Waals surface area (Å²) in [5, 5.41) is 5.00. The zero-order valence-electron chi connectivity index (χ0n) is 26.1. The quantitative estimate of drug-likeness (QED) is 0.165. The molecule has 0 saturated heterocycles. The van der Waals surface area contributed by atoms with E-state index in [-0.39, 0.29) is 0 Å². The summed E-state index contributed by atoms with van der Waals surface area (Å²) in [4.78, 5) is 2.30. The molecule has 47 heavy (non-hydrogen) atoms. The third kappa shape index (κ3) is 5.72. The number of fused-ring (bicyclic) bond motifs is 2. The van der Waals surface area contributed by atoms with Crippen LogP contribution in [0.4, 0.5) is 17.1 Å². The van der Waals surface area contributed by atoms with Crippen molar-refractivity contribution in [1.29, 1.82) is 0 Å². The Morgan fingerprint density at radius 3 is 1.30 bits per heavy atom. The molecule has 0 fully saturated rings. The van der Waals surface area contributed by atoms with Crippen LogP contribution in [0, 0.1) is 0 Å². The molecule has 0 N–H and O–H groups in total. The molecule has 0 aromatic heterocycles. The SMILES string of the molecule is C=C(c1ccc(-c2ccc(N(c3ccccc3)c3ccc(-c4ccccc4)cc3)cc2)cc1)c1ccc2cc3ccccc3cc2c1. The summed E-state index contributed by atoms with van der Waals surface area (Å²) < 4.78 is 0. The lowest BCUT2D eigenvalue weighted by atomic mass is 9.94. The van der Waals surface area contributed by atoms with Crippen LogP contribution in [0.5, 0.6) is 0 Å².